The van der Waals surface area contributed by atoms with Crippen LogP contribution in [0.1, 0.15) is 66.5 Å². The lowest BCUT2D eigenvalue weighted by Gasteiger charge is -2.10. The van der Waals surface area contributed by atoms with Gasteiger partial charge in [-0.25, -0.2) is 4.79 Å². The van der Waals surface area contributed by atoms with Crippen LogP contribution < -0.4 is 0 Å². The molecule has 2 aromatic heterocycles. The minimum absolute atomic E-state index is 0.0178. The average molecular weight is 306 g/mol. The molecule has 0 spiro atoms. The van der Waals surface area contributed by atoms with Crippen molar-refractivity contribution in [1.82, 2.24) is 10.1 Å². The van der Waals surface area contributed by atoms with Crippen LogP contribution in [0.15, 0.2) is 16.0 Å². The smallest absolute Gasteiger partial charge is 0.349 e. The van der Waals surface area contributed by atoms with Gasteiger partial charge in [0.05, 0.1) is 0 Å². The van der Waals surface area contributed by atoms with Gasteiger partial charge in [0.1, 0.15) is 4.88 Å². The number of carbonyl (C=O) groups excluding carboxylic acids is 1. The first kappa shape index (κ1) is 14.3. The summed E-state index contributed by atoms with van der Waals surface area (Å²) in [5, 5.41) is 5.85. The Morgan fingerprint density at radius 3 is 2.86 bits per heavy atom. The summed E-state index contributed by atoms with van der Waals surface area (Å²) in [7, 11) is 0. The highest BCUT2D eigenvalue weighted by Crippen LogP contribution is 2.43. The highest BCUT2D eigenvalue weighted by molar-refractivity contribution is 7.12. The molecule has 1 aliphatic carbocycles. The zero-order valence-corrected chi connectivity index (χ0v) is 13.2. The molecule has 1 saturated carbocycles. The fourth-order valence-corrected chi connectivity index (χ4v) is 2.89. The van der Waals surface area contributed by atoms with E-state index < -0.39 is 0 Å². The SMILES string of the molecule is CC(C)(C)c1noc(COC(=O)c2sccc2C2CC2)n1. The molecule has 6 heteroatoms. The first-order chi connectivity index (χ1) is 9.95. The largest absolute Gasteiger partial charge is 0.451 e. The van der Waals surface area contributed by atoms with Gasteiger partial charge in [-0.3, -0.25) is 0 Å². The normalized spacial score (nSPS) is 15.2. The van der Waals surface area contributed by atoms with E-state index in [1.54, 1.807) is 0 Å². The van der Waals surface area contributed by atoms with E-state index in [-0.39, 0.29) is 18.0 Å². The van der Waals surface area contributed by atoms with Crippen LogP contribution in [0.5, 0.6) is 0 Å². The molecule has 1 fully saturated rings. The van der Waals surface area contributed by atoms with Crippen molar-refractivity contribution in [2.24, 2.45) is 0 Å². The lowest BCUT2D eigenvalue weighted by Crippen LogP contribution is -2.13. The van der Waals surface area contributed by atoms with Crippen molar-refractivity contribution in [3.8, 4) is 0 Å². The van der Waals surface area contributed by atoms with Crippen LogP contribution in [0.25, 0.3) is 0 Å². The molecule has 2 heterocycles. The van der Waals surface area contributed by atoms with Crippen molar-refractivity contribution < 1.29 is 14.1 Å². The maximum absolute atomic E-state index is 12.1. The van der Waals surface area contributed by atoms with E-state index in [0.717, 1.165) is 18.4 Å². The quantitative estimate of drug-likeness (QED) is 0.806. The molecule has 5 nitrogen and oxygen atoms in total. The standard InChI is InChI=1S/C15H18N2O3S/c1-15(2,3)14-16-11(20-17-14)8-19-13(18)12-10(6-7-21-12)9-4-5-9/h6-7,9H,4-5,8H2,1-3H3. The molecule has 0 amide bonds. The van der Waals surface area contributed by atoms with Gasteiger partial charge in [0.25, 0.3) is 5.89 Å². The van der Waals surface area contributed by atoms with Crippen LogP contribution in [0.3, 0.4) is 0 Å². The molecule has 0 N–H and O–H groups in total. The molecule has 0 aliphatic heterocycles. The highest BCUT2D eigenvalue weighted by Gasteiger charge is 2.29. The number of aromatic nitrogens is 2. The van der Waals surface area contributed by atoms with Gasteiger partial charge in [-0.05, 0) is 35.8 Å². The predicted molar refractivity (Wildman–Crippen MR) is 78.4 cm³/mol. The van der Waals surface area contributed by atoms with Crippen LogP contribution in [-0.4, -0.2) is 16.1 Å². The summed E-state index contributed by atoms with van der Waals surface area (Å²) in [5.74, 6) is 1.18. The van der Waals surface area contributed by atoms with Crippen molar-refractivity contribution >= 4 is 17.3 Å². The Bertz CT molecular complexity index is 650. The monoisotopic (exact) mass is 306 g/mol. The van der Waals surface area contributed by atoms with Crippen molar-refractivity contribution in [2.45, 2.75) is 51.6 Å². The van der Waals surface area contributed by atoms with Gasteiger partial charge in [0.2, 0.25) is 0 Å². The molecule has 1 aliphatic rings. The third-order valence-electron chi connectivity index (χ3n) is 3.36. The zero-order chi connectivity index (χ0) is 15.0. The second kappa shape index (κ2) is 5.26. The number of rotatable bonds is 4. The van der Waals surface area contributed by atoms with Crippen molar-refractivity contribution in [3.63, 3.8) is 0 Å². The third kappa shape index (κ3) is 3.15. The Morgan fingerprint density at radius 2 is 2.24 bits per heavy atom. The molecule has 2 aromatic rings. The van der Waals surface area contributed by atoms with Gasteiger partial charge >= 0.3 is 5.97 Å². The maximum Gasteiger partial charge on any atom is 0.349 e. The van der Waals surface area contributed by atoms with Gasteiger partial charge in [0.15, 0.2) is 12.4 Å². The van der Waals surface area contributed by atoms with E-state index in [2.05, 4.69) is 10.1 Å². The Kier molecular flexibility index (Phi) is 3.57. The zero-order valence-electron chi connectivity index (χ0n) is 12.4. The van der Waals surface area contributed by atoms with E-state index in [9.17, 15) is 4.79 Å². The van der Waals surface area contributed by atoms with E-state index in [0.29, 0.717) is 22.5 Å². The number of thiophene rings is 1. The molecule has 3 rings (SSSR count). The maximum atomic E-state index is 12.1. The first-order valence-electron chi connectivity index (χ1n) is 7.03. The number of hydrogen-bond acceptors (Lipinski definition) is 6. The summed E-state index contributed by atoms with van der Waals surface area (Å²) in [6.07, 6.45) is 2.32. The van der Waals surface area contributed by atoms with E-state index in [4.69, 9.17) is 9.26 Å². The molecule has 0 atom stereocenters. The molecular formula is C15H18N2O3S. The van der Waals surface area contributed by atoms with E-state index in [1.165, 1.54) is 11.3 Å². The highest BCUT2D eigenvalue weighted by atomic mass is 32.1. The van der Waals surface area contributed by atoms with Crippen LogP contribution in [0.4, 0.5) is 0 Å². The molecule has 0 aromatic carbocycles. The van der Waals surface area contributed by atoms with Gasteiger partial charge in [-0.1, -0.05) is 25.9 Å². The Morgan fingerprint density at radius 1 is 1.48 bits per heavy atom. The second-order valence-electron chi connectivity index (χ2n) is 6.32. The Balaban J connectivity index is 1.63. The fourth-order valence-electron chi connectivity index (χ4n) is 2.01. The van der Waals surface area contributed by atoms with E-state index >= 15 is 0 Å². The van der Waals surface area contributed by atoms with Crippen molar-refractivity contribution in [3.05, 3.63) is 33.6 Å². The topological polar surface area (TPSA) is 65.2 Å². The molecule has 0 radical (unpaired) electrons. The summed E-state index contributed by atoms with van der Waals surface area (Å²) in [6, 6.07) is 2.02. The van der Waals surface area contributed by atoms with Gasteiger partial charge < -0.3 is 9.26 Å². The Hall–Kier alpha value is -1.69. The second-order valence-corrected chi connectivity index (χ2v) is 7.23. The minimum atomic E-state index is -0.303. The number of nitrogens with zero attached hydrogens (tertiary/aromatic N) is 2. The molecular weight excluding hydrogens is 288 g/mol. The molecule has 0 bridgehead atoms. The lowest BCUT2D eigenvalue weighted by atomic mass is 9.96. The number of esters is 1. The molecule has 21 heavy (non-hydrogen) atoms. The van der Waals surface area contributed by atoms with Crippen LogP contribution in [0, 0.1) is 0 Å². The van der Waals surface area contributed by atoms with Gasteiger partial charge in [0, 0.05) is 5.41 Å². The molecule has 0 unspecified atom stereocenters. The predicted octanol–water partition coefficient (Wildman–Crippen LogP) is 3.66. The Labute approximate surface area is 127 Å². The number of ether oxygens (including phenoxy) is 1. The summed E-state index contributed by atoms with van der Waals surface area (Å²) in [6.45, 7) is 6.02. The minimum Gasteiger partial charge on any atom is -0.451 e. The summed E-state index contributed by atoms with van der Waals surface area (Å²) < 4.78 is 10.4. The van der Waals surface area contributed by atoms with Gasteiger partial charge in [-0.2, -0.15) is 4.98 Å². The average Bonchev–Trinajstić information content (AvgIpc) is 2.96. The molecule has 112 valence electrons. The van der Waals surface area contributed by atoms with Crippen LogP contribution in [-0.2, 0) is 16.8 Å². The number of hydrogen-bond donors (Lipinski definition) is 0. The lowest BCUT2D eigenvalue weighted by molar-refractivity contribution is 0.0434. The van der Waals surface area contributed by atoms with Crippen molar-refractivity contribution in [1.29, 1.82) is 0 Å². The number of carbonyl (C=O) groups is 1. The summed E-state index contributed by atoms with van der Waals surface area (Å²) >= 11 is 1.43. The first-order valence-corrected chi connectivity index (χ1v) is 7.90. The summed E-state index contributed by atoms with van der Waals surface area (Å²) in [4.78, 5) is 17.1. The fraction of sp³-hybridized carbons (Fsp3) is 0.533. The van der Waals surface area contributed by atoms with Gasteiger partial charge in [-0.15, -0.1) is 11.3 Å². The van der Waals surface area contributed by atoms with Crippen LogP contribution in [0.2, 0.25) is 0 Å². The summed E-state index contributed by atoms with van der Waals surface area (Å²) in [5.41, 5.74) is 0.935. The van der Waals surface area contributed by atoms with Crippen molar-refractivity contribution in [2.75, 3.05) is 0 Å². The van der Waals surface area contributed by atoms with E-state index in [1.807, 2.05) is 32.2 Å². The van der Waals surface area contributed by atoms with Crippen LogP contribution >= 0.6 is 11.3 Å². The third-order valence-corrected chi connectivity index (χ3v) is 4.27. The molecule has 0 saturated heterocycles.